The number of anilines is 1. The Morgan fingerprint density at radius 1 is 1.14 bits per heavy atom. The number of thiazole rings is 1. The molecular formula is C19H17Cl2N5O2S. The lowest BCUT2D eigenvalue weighted by molar-refractivity contribution is 0.874. The van der Waals surface area contributed by atoms with E-state index in [1.807, 2.05) is 24.3 Å². The van der Waals surface area contributed by atoms with Crippen molar-refractivity contribution >= 4 is 62.4 Å². The molecule has 29 heavy (non-hydrogen) atoms. The molecule has 0 unspecified atom stereocenters. The van der Waals surface area contributed by atoms with Crippen molar-refractivity contribution in [1.82, 2.24) is 19.4 Å². The van der Waals surface area contributed by atoms with Crippen molar-refractivity contribution in [2.24, 2.45) is 0 Å². The van der Waals surface area contributed by atoms with E-state index in [-0.39, 0.29) is 22.3 Å². The molecule has 0 aliphatic heterocycles. The van der Waals surface area contributed by atoms with E-state index in [9.17, 15) is 9.59 Å². The van der Waals surface area contributed by atoms with Crippen molar-refractivity contribution < 1.29 is 0 Å². The highest BCUT2D eigenvalue weighted by atomic mass is 35.5. The molecular weight excluding hydrogens is 433 g/mol. The molecule has 0 spiro atoms. The smallest absolute Gasteiger partial charge is 0.277 e. The van der Waals surface area contributed by atoms with E-state index < -0.39 is 0 Å². The summed E-state index contributed by atoms with van der Waals surface area (Å²) < 4.78 is 1.83. The van der Waals surface area contributed by atoms with Crippen LogP contribution in [0.1, 0.15) is 11.4 Å². The van der Waals surface area contributed by atoms with Crippen LogP contribution in [0.5, 0.6) is 0 Å². The number of aromatic nitrogens is 4. The van der Waals surface area contributed by atoms with Gasteiger partial charge in [0.1, 0.15) is 5.82 Å². The molecule has 3 aromatic heterocycles. The van der Waals surface area contributed by atoms with Gasteiger partial charge in [0.2, 0.25) is 0 Å². The Kier molecular flexibility index (Phi) is 5.58. The maximum Gasteiger partial charge on any atom is 0.277 e. The quantitative estimate of drug-likeness (QED) is 0.455. The predicted molar refractivity (Wildman–Crippen MR) is 119 cm³/mol. The van der Waals surface area contributed by atoms with E-state index in [4.69, 9.17) is 23.2 Å². The van der Waals surface area contributed by atoms with Crippen LogP contribution in [-0.2, 0) is 0 Å². The fourth-order valence-electron chi connectivity index (χ4n) is 3.19. The van der Waals surface area contributed by atoms with Crippen LogP contribution >= 0.6 is 34.5 Å². The second kappa shape index (κ2) is 8.14. The number of hydrogen-bond donors (Lipinski definition) is 1. The normalized spacial score (nSPS) is 12.3. The zero-order chi connectivity index (χ0) is 20.5. The third-order valence-electron chi connectivity index (χ3n) is 4.49. The number of halogens is 2. The number of alkyl halides is 2. The molecule has 4 aromatic rings. The molecule has 1 aromatic carbocycles. The number of nitrogens with one attached hydrogen (secondary N) is 1. The number of aromatic amines is 1. The first-order chi connectivity index (χ1) is 14.0. The molecule has 0 atom stereocenters. The van der Waals surface area contributed by atoms with Gasteiger partial charge >= 0.3 is 0 Å². The van der Waals surface area contributed by atoms with Gasteiger partial charge in [-0.05, 0) is 30.7 Å². The highest BCUT2D eigenvalue weighted by Crippen LogP contribution is 2.16. The minimum Gasteiger partial charge on any atom is -0.369 e. The van der Waals surface area contributed by atoms with Crippen LogP contribution in [0.2, 0.25) is 0 Å². The van der Waals surface area contributed by atoms with E-state index in [2.05, 4.69) is 19.9 Å². The minimum atomic E-state index is -0.371. The standard InChI is InChI=1S/C19H17Cl2N5O2S/c1-11-22-16-15(17(27)23-11)26-18(28)14(29-19(26)24-16)10-12-2-4-13(5-3-12)25(8-6-20)9-7-21/h2-5,10H,6-9H2,1H3,(H,22,23,27). The van der Waals surface area contributed by atoms with Gasteiger partial charge in [-0.2, -0.15) is 4.98 Å². The summed E-state index contributed by atoms with van der Waals surface area (Å²) in [6.07, 6.45) is 1.79. The van der Waals surface area contributed by atoms with Crippen molar-refractivity contribution in [2.45, 2.75) is 6.92 Å². The van der Waals surface area contributed by atoms with Crippen LogP contribution in [0.15, 0.2) is 33.9 Å². The molecule has 150 valence electrons. The highest BCUT2D eigenvalue weighted by molar-refractivity contribution is 7.15. The maximum absolute atomic E-state index is 12.9. The Balaban J connectivity index is 1.76. The summed E-state index contributed by atoms with van der Waals surface area (Å²) in [5.74, 6) is 1.49. The molecule has 0 saturated carbocycles. The zero-order valence-corrected chi connectivity index (χ0v) is 17.8. The second-order valence-electron chi connectivity index (χ2n) is 6.43. The van der Waals surface area contributed by atoms with Crippen LogP contribution in [0.4, 0.5) is 5.69 Å². The van der Waals surface area contributed by atoms with E-state index >= 15 is 0 Å². The Bertz CT molecular complexity index is 1340. The Morgan fingerprint density at radius 2 is 1.83 bits per heavy atom. The van der Waals surface area contributed by atoms with Crippen LogP contribution in [0, 0.1) is 6.92 Å². The van der Waals surface area contributed by atoms with Crippen LogP contribution in [-0.4, -0.2) is 44.2 Å². The van der Waals surface area contributed by atoms with Gasteiger partial charge in [0, 0.05) is 30.5 Å². The van der Waals surface area contributed by atoms with Gasteiger partial charge in [0.15, 0.2) is 16.1 Å². The van der Waals surface area contributed by atoms with E-state index in [0.29, 0.717) is 40.2 Å². The average molecular weight is 450 g/mol. The molecule has 0 radical (unpaired) electrons. The summed E-state index contributed by atoms with van der Waals surface area (Å²) in [4.78, 5) is 38.9. The number of fused-ring (bicyclic) bond motifs is 3. The number of imidazole rings is 1. The Hall–Kier alpha value is -2.42. The van der Waals surface area contributed by atoms with Gasteiger partial charge in [-0.25, -0.2) is 9.38 Å². The predicted octanol–water partition coefficient (Wildman–Crippen LogP) is 2.13. The second-order valence-corrected chi connectivity index (χ2v) is 8.19. The SMILES string of the molecule is Cc1nc2nc3sc(=Cc4ccc(N(CCCl)CCCl)cc4)c(=O)n3c2c(=O)[nH]1. The largest absolute Gasteiger partial charge is 0.369 e. The molecule has 7 nitrogen and oxygen atoms in total. The first kappa shape index (κ1) is 19.9. The van der Waals surface area contributed by atoms with Crippen molar-refractivity contribution in [3.63, 3.8) is 0 Å². The fraction of sp³-hybridized carbons (Fsp3) is 0.263. The van der Waals surface area contributed by atoms with Crippen LogP contribution < -0.4 is 20.6 Å². The molecule has 1 N–H and O–H groups in total. The summed E-state index contributed by atoms with van der Waals surface area (Å²) in [5, 5.41) is 0. The lowest BCUT2D eigenvalue weighted by Crippen LogP contribution is -2.27. The molecule has 3 heterocycles. The molecule has 0 saturated heterocycles. The first-order valence-corrected chi connectivity index (χ1v) is 10.8. The first-order valence-electron chi connectivity index (χ1n) is 8.92. The third kappa shape index (κ3) is 3.75. The van der Waals surface area contributed by atoms with Gasteiger partial charge in [-0.1, -0.05) is 23.5 Å². The van der Waals surface area contributed by atoms with Gasteiger partial charge in [-0.3, -0.25) is 9.59 Å². The zero-order valence-electron chi connectivity index (χ0n) is 15.5. The Labute approximate surface area is 179 Å². The molecule has 0 fully saturated rings. The average Bonchev–Trinajstić information content (AvgIpc) is 3.18. The van der Waals surface area contributed by atoms with Crippen molar-refractivity contribution in [3.8, 4) is 0 Å². The van der Waals surface area contributed by atoms with Crippen molar-refractivity contribution in [1.29, 1.82) is 0 Å². The van der Waals surface area contributed by atoms with Crippen LogP contribution in [0.25, 0.3) is 22.2 Å². The lowest BCUT2D eigenvalue weighted by Gasteiger charge is -2.22. The highest BCUT2D eigenvalue weighted by Gasteiger charge is 2.15. The third-order valence-corrected chi connectivity index (χ3v) is 5.80. The lowest BCUT2D eigenvalue weighted by atomic mass is 10.2. The summed E-state index contributed by atoms with van der Waals surface area (Å²) >= 11 is 13.0. The minimum absolute atomic E-state index is 0.180. The molecule has 4 rings (SSSR count). The van der Waals surface area contributed by atoms with Crippen molar-refractivity contribution in [3.05, 3.63) is 60.9 Å². The molecule has 10 heteroatoms. The molecule has 0 aliphatic carbocycles. The number of benzene rings is 1. The summed E-state index contributed by atoms with van der Waals surface area (Å²) in [6.45, 7) is 3.09. The van der Waals surface area contributed by atoms with Gasteiger partial charge in [-0.15, -0.1) is 23.2 Å². The number of H-pyrrole nitrogens is 1. The maximum atomic E-state index is 12.9. The van der Waals surface area contributed by atoms with Crippen LogP contribution in [0.3, 0.4) is 0 Å². The van der Waals surface area contributed by atoms with Gasteiger partial charge in [0.05, 0.1) is 4.53 Å². The summed E-state index contributed by atoms with van der Waals surface area (Å²) in [6, 6.07) is 7.81. The van der Waals surface area contributed by atoms with E-state index in [0.717, 1.165) is 11.3 Å². The van der Waals surface area contributed by atoms with E-state index in [1.54, 1.807) is 13.0 Å². The fourth-order valence-corrected chi connectivity index (χ4v) is 4.56. The van der Waals surface area contributed by atoms with Gasteiger partial charge in [0.25, 0.3) is 11.1 Å². The number of aryl methyl sites for hydroxylation is 1. The molecule has 0 bridgehead atoms. The van der Waals surface area contributed by atoms with E-state index in [1.165, 1.54) is 15.7 Å². The molecule has 0 aliphatic rings. The Morgan fingerprint density at radius 3 is 2.48 bits per heavy atom. The topological polar surface area (TPSA) is 83.4 Å². The number of hydrogen-bond acceptors (Lipinski definition) is 6. The number of rotatable bonds is 6. The number of nitrogens with zero attached hydrogens (tertiary/aromatic N) is 4. The van der Waals surface area contributed by atoms with Crippen molar-refractivity contribution in [2.75, 3.05) is 29.7 Å². The summed E-state index contributed by atoms with van der Waals surface area (Å²) in [7, 11) is 0. The molecule has 0 amide bonds. The van der Waals surface area contributed by atoms with Gasteiger partial charge < -0.3 is 9.88 Å². The summed E-state index contributed by atoms with van der Waals surface area (Å²) in [5.41, 5.74) is 1.71. The monoisotopic (exact) mass is 449 g/mol.